The summed E-state index contributed by atoms with van der Waals surface area (Å²) in [6, 6.07) is 4.67. The van der Waals surface area contributed by atoms with Crippen molar-refractivity contribution in [1.82, 2.24) is 20.9 Å². The fourth-order valence-corrected chi connectivity index (χ4v) is 4.05. The SMILES string of the molecule is CSCC[C@H](NC=O)C(=O)N[C@@H](CC(C)C)C(=O)N[C@@H](Cc1c[nH]c2ccccc12)C(=O)O. The average molecular weight is 477 g/mol. The van der Waals surface area contributed by atoms with E-state index < -0.39 is 35.9 Å². The second kappa shape index (κ2) is 12.9. The molecule has 9 nitrogen and oxygen atoms in total. The van der Waals surface area contributed by atoms with Gasteiger partial charge in [0.25, 0.3) is 0 Å². The van der Waals surface area contributed by atoms with Crippen molar-refractivity contribution in [3.63, 3.8) is 0 Å². The smallest absolute Gasteiger partial charge is 0.326 e. The van der Waals surface area contributed by atoms with E-state index in [0.717, 1.165) is 16.5 Å². The molecular weight excluding hydrogens is 444 g/mol. The second-order valence-electron chi connectivity index (χ2n) is 8.27. The molecule has 0 saturated heterocycles. The summed E-state index contributed by atoms with van der Waals surface area (Å²) < 4.78 is 0. The summed E-state index contributed by atoms with van der Waals surface area (Å²) >= 11 is 1.54. The van der Waals surface area contributed by atoms with Gasteiger partial charge in [0.05, 0.1) is 0 Å². The fraction of sp³-hybridized carbons (Fsp3) is 0.478. The van der Waals surface area contributed by atoms with Crippen molar-refractivity contribution in [2.24, 2.45) is 5.92 Å². The maximum Gasteiger partial charge on any atom is 0.326 e. The van der Waals surface area contributed by atoms with Crippen LogP contribution in [0, 0.1) is 5.92 Å². The van der Waals surface area contributed by atoms with Gasteiger partial charge in [-0.05, 0) is 42.4 Å². The molecule has 5 N–H and O–H groups in total. The highest BCUT2D eigenvalue weighted by molar-refractivity contribution is 7.98. The lowest BCUT2D eigenvalue weighted by Gasteiger charge is -2.25. The molecule has 0 fully saturated rings. The van der Waals surface area contributed by atoms with E-state index in [1.807, 2.05) is 44.4 Å². The van der Waals surface area contributed by atoms with Gasteiger partial charge in [0.15, 0.2) is 0 Å². The van der Waals surface area contributed by atoms with E-state index >= 15 is 0 Å². The first-order valence-corrected chi connectivity index (χ1v) is 12.2. The summed E-state index contributed by atoms with van der Waals surface area (Å²) in [5.41, 5.74) is 1.65. The summed E-state index contributed by atoms with van der Waals surface area (Å²) in [6.45, 7) is 3.81. The Hall–Kier alpha value is -3.01. The van der Waals surface area contributed by atoms with Crippen molar-refractivity contribution < 1.29 is 24.3 Å². The minimum absolute atomic E-state index is 0.0709. The van der Waals surface area contributed by atoms with Gasteiger partial charge >= 0.3 is 5.97 Å². The number of nitrogens with one attached hydrogen (secondary N) is 4. The van der Waals surface area contributed by atoms with Gasteiger partial charge in [-0.15, -0.1) is 0 Å². The van der Waals surface area contributed by atoms with E-state index in [4.69, 9.17) is 0 Å². The molecule has 10 heteroatoms. The number of carboxylic acids is 1. The molecule has 2 rings (SSSR count). The number of aromatic amines is 1. The number of benzene rings is 1. The quantitative estimate of drug-likeness (QED) is 0.263. The molecule has 0 aliphatic heterocycles. The van der Waals surface area contributed by atoms with Crippen LogP contribution >= 0.6 is 11.8 Å². The number of rotatable bonds is 14. The zero-order valence-corrected chi connectivity index (χ0v) is 19.9. The van der Waals surface area contributed by atoms with E-state index in [9.17, 15) is 24.3 Å². The molecule has 0 radical (unpaired) electrons. The molecule has 0 saturated carbocycles. The molecule has 0 bridgehead atoms. The topological polar surface area (TPSA) is 140 Å². The van der Waals surface area contributed by atoms with Crippen LogP contribution in [0.5, 0.6) is 0 Å². The molecule has 1 aromatic heterocycles. The van der Waals surface area contributed by atoms with Crippen molar-refractivity contribution in [1.29, 1.82) is 0 Å². The summed E-state index contributed by atoms with van der Waals surface area (Å²) in [5.74, 6) is -1.48. The highest BCUT2D eigenvalue weighted by atomic mass is 32.2. The minimum Gasteiger partial charge on any atom is -0.480 e. The van der Waals surface area contributed by atoms with Crippen molar-refractivity contribution in [3.8, 4) is 0 Å². The number of amides is 3. The van der Waals surface area contributed by atoms with Crippen molar-refractivity contribution >= 4 is 46.9 Å². The van der Waals surface area contributed by atoms with Gasteiger partial charge in [0, 0.05) is 23.5 Å². The van der Waals surface area contributed by atoms with Crippen LogP contribution in [0.4, 0.5) is 0 Å². The third kappa shape index (κ3) is 7.81. The Morgan fingerprint density at radius 3 is 2.39 bits per heavy atom. The number of carboxylic acid groups (broad SMARTS) is 1. The molecule has 3 amide bonds. The number of carbonyl (C=O) groups is 4. The Balaban J connectivity index is 2.14. The van der Waals surface area contributed by atoms with E-state index in [0.29, 0.717) is 25.0 Å². The van der Waals surface area contributed by atoms with Crippen LogP contribution in [0.15, 0.2) is 30.5 Å². The van der Waals surface area contributed by atoms with E-state index in [1.54, 1.807) is 6.20 Å². The number of aromatic nitrogens is 1. The third-order valence-corrected chi connectivity index (χ3v) is 5.89. The lowest BCUT2D eigenvalue weighted by atomic mass is 10.0. The Kier molecular flexibility index (Phi) is 10.2. The van der Waals surface area contributed by atoms with Gasteiger partial charge in [0.2, 0.25) is 18.2 Å². The van der Waals surface area contributed by atoms with E-state index in [2.05, 4.69) is 20.9 Å². The number of fused-ring (bicyclic) bond motifs is 1. The molecule has 2 aromatic rings. The first-order chi connectivity index (χ1) is 15.8. The van der Waals surface area contributed by atoms with Crippen LogP contribution in [-0.2, 0) is 25.6 Å². The molecule has 0 aliphatic carbocycles. The maximum absolute atomic E-state index is 13.0. The molecule has 1 heterocycles. The van der Waals surface area contributed by atoms with Crippen LogP contribution in [0.3, 0.4) is 0 Å². The number of para-hydroxylation sites is 1. The lowest BCUT2D eigenvalue weighted by molar-refractivity contribution is -0.142. The Labute approximate surface area is 197 Å². The molecule has 1 aromatic carbocycles. The molecular formula is C23H32N4O5S. The van der Waals surface area contributed by atoms with Crippen LogP contribution in [0.25, 0.3) is 10.9 Å². The first-order valence-electron chi connectivity index (χ1n) is 10.8. The third-order valence-electron chi connectivity index (χ3n) is 5.25. The Morgan fingerprint density at radius 1 is 1.09 bits per heavy atom. The molecule has 180 valence electrons. The van der Waals surface area contributed by atoms with Gasteiger partial charge < -0.3 is 26.0 Å². The number of hydrogen-bond acceptors (Lipinski definition) is 5. The summed E-state index contributed by atoms with van der Waals surface area (Å²) in [5, 5.41) is 18.4. The molecule has 0 aliphatic rings. The maximum atomic E-state index is 13.0. The van der Waals surface area contributed by atoms with Gasteiger partial charge in [-0.2, -0.15) is 11.8 Å². The Morgan fingerprint density at radius 2 is 1.76 bits per heavy atom. The van der Waals surface area contributed by atoms with Crippen LogP contribution in [0.2, 0.25) is 0 Å². The monoisotopic (exact) mass is 476 g/mol. The standard InChI is InChI=1S/C23H32N4O5S/c1-14(2)10-19(26-21(29)18(25-13-28)8-9-33-3)22(30)27-20(23(31)32)11-15-12-24-17-7-5-4-6-16(15)17/h4-7,12-14,18-20,24H,8-11H2,1-3H3,(H,25,28)(H,26,29)(H,27,30)(H,31,32)/t18-,19-,20-/m0/s1. The van der Waals surface area contributed by atoms with Gasteiger partial charge in [-0.3, -0.25) is 14.4 Å². The first kappa shape index (κ1) is 26.2. The molecule has 0 spiro atoms. The molecule has 33 heavy (non-hydrogen) atoms. The van der Waals surface area contributed by atoms with Gasteiger partial charge in [-0.25, -0.2) is 4.79 Å². The predicted octanol–water partition coefficient (Wildman–Crippen LogP) is 1.68. The van der Waals surface area contributed by atoms with E-state index in [-0.39, 0.29) is 12.3 Å². The van der Waals surface area contributed by atoms with Crippen molar-refractivity contribution in [2.75, 3.05) is 12.0 Å². The number of H-pyrrole nitrogens is 1. The van der Waals surface area contributed by atoms with Gasteiger partial charge in [0.1, 0.15) is 18.1 Å². The number of hydrogen-bond donors (Lipinski definition) is 5. The second-order valence-corrected chi connectivity index (χ2v) is 9.26. The highest BCUT2D eigenvalue weighted by Crippen LogP contribution is 2.19. The largest absolute Gasteiger partial charge is 0.480 e. The molecule has 3 atom stereocenters. The average Bonchev–Trinajstić information content (AvgIpc) is 3.18. The highest BCUT2D eigenvalue weighted by Gasteiger charge is 2.29. The summed E-state index contributed by atoms with van der Waals surface area (Å²) in [7, 11) is 0. The molecule has 0 unspecified atom stereocenters. The lowest BCUT2D eigenvalue weighted by Crippen LogP contribution is -2.55. The fourth-order valence-electron chi connectivity index (χ4n) is 3.58. The van der Waals surface area contributed by atoms with Crippen LogP contribution < -0.4 is 16.0 Å². The number of carbonyl (C=O) groups excluding carboxylic acids is 3. The Bertz CT molecular complexity index is 961. The summed E-state index contributed by atoms with van der Waals surface area (Å²) in [6.07, 6.45) is 4.93. The van der Waals surface area contributed by atoms with Crippen LogP contribution in [-0.4, -0.2) is 64.4 Å². The van der Waals surface area contributed by atoms with Crippen molar-refractivity contribution in [2.45, 2.75) is 51.2 Å². The van der Waals surface area contributed by atoms with Gasteiger partial charge in [-0.1, -0.05) is 32.0 Å². The number of aliphatic carboxylic acids is 1. The van der Waals surface area contributed by atoms with Crippen molar-refractivity contribution in [3.05, 3.63) is 36.0 Å². The summed E-state index contributed by atoms with van der Waals surface area (Å²) in [4.78, 5) is 51.7. The normalized spacial score (nSPS) is 13.8. The minimum atomic E-state index is -1.16. The zero-order valence-electron chi connectivity index (χ0n) is 19.1. The van der Waals surface area contributed by atoms with Crippen LogP contribution in [0.1, 0.15) is 32.3 Å². The number of thioether (sulfide) groups is 1. The predicted molar refractivity (Wildman–Crippen MR) is 129 cm³/mol. The van der Waals surface area contributed by atoms with E-state index in [1.165, 1.54) is 11.8 Å². The zero-order chi connectivity index (χ0) is 24.4.